The van der Waals surface area contributed by atoms with Gasteiger partial charge in [-0.15, -0.1) is 11.6 Å². The molecule has 0 amide bonds. The second-order valence-electron chi connectivity index (χ2n) is 8.01. The third-order valence-corrected chi connectivity index (χ3v) is 8.95. The van der Waals surface area contributed by atoms with E-state index in [1.807, 2.05) is 44.2 Å². The van der Waals surface area contributed by atoms with Gasteiger partial charge in [-0.25, -0.2) is 8.42 Å². The molecule has 2 aromatic carbocycles. The van der Waals surface area contributed by atoms with Crippen molar-refractivity contribution in [2.75, 3.05) is 0 Å². The summed E-state index contributed by atoms with van der Waals surface area (Å²) in [7, 11) is -3.63. The van der Waals surface area contributed by atoms with Crippen molar-refractivity contribution in [3.63, 3.8) is 0 Å². The first-order chi connectivity index (χ1) is 12.8. The highest BCUT2D eigenvalue weighted by atomic mass is 35.5. The molecule has 3 aliphatic carbocycles. The molecule has 2 aromatic rings. The number of alkyl halides is 1. The van der Waals surface area contributed by atoms with Crippen molar-refractivity contribution in [2.24, 2.45) is 0 Å². The maximum absolute atomic E-state index is 13.6. The van der Waals surface area contributed by atoms with E-state index < -0.39 is 26.3 Å². The van der Waals surface area contributed by atoms with E-state index in [4.69, 9.17) is 21.1 Å². The van der Waals surface area contributed by atoms with Crippen LogP contribution in [-0.2, 0) is 19.3 Å². The van der Waals surface area contributed by atoms with E-state index in [0.717, 1.165) is 11.1 Å². The third-order valence-electron chi connectivity index (χ3n) is 6.03. The van der Waals surface area contributed by atoms with Crippen LogP contribution in [0.1, 0.15) is 36.8 Å². The highest BCUT2D eigenvalue weighted by molar-refractivity contribution is 7.92. The summed E-state index contributed by atoms with van der Waals surface area (Å²) >= 11 is 6.89. The van der Waals surface area contributed by atoms with Crippen molar-refractivity contribution in [3.05, 3.63) is 65.7 Å². The molecule has 142 valence electrons. The van der Waals surface area contributed by atoms with Crippen LogP contribution >= 0.6 is 11.6 Å². The lowest BCUT2D eigenvalue weighted by Gasteiger charge is -2.51. The fraction of sp³-hybridized carbons (Fsp3) is 0.429. The van der Waals surface area contributed by atoms with Crippen molar-refractivity contribution < 1.29 is 17.9 Å². The van der Waals surface area contributed by atoms with Crippen LogP contribution in [0.2, 0.25) is 0 Å². The van der Waals surface area contributed by atoms with Crippen molar-refractivity contribution in [1.82, 2.24) is 0 Å². The van der Waals surface area contributed by atoms with Crippen LogP contribution in [0.3, 0.4) is 0 Å². The van der Waals surface area contributed by atoms with Crippen LogP contribution in [0.4, 0.5) is 0 Å². The summed E-state index contributed by atoms with van der Waals surface area (Å²) in [6.07, 6.45) is -0.553. The maximum Gasteiger partial charge on any atom is 0.183 e. The van der Waals surface area contributed by atoms with Crippen LogP contribution in [0.15, 0.2) is 59.5 Å². The first-order valence-electron chi connectivity index (χ1n) is 9.19. The zero-order valence-corrected chi connectivity index (χ0v) is 16.7. The van der Waals surface area contributed by atoms with E-state index in [1.54, 1.807) is 24.3 Å². The Morgan fingerprint density at radius 3 is 2.00 bits per heavy atom. The molecule has 0 N–H and O–H groups in total. The van der Waals surface area contributed by atoms with E-state index in [1.165, 1.54) is 0 Å². The van der Waals surface area contributed by atoms with Gasteiger partial charge in [-0.05, 0) is 37.1 Å². The SMILES string of the molecule is CC1(C)OC2C(O1)C1c3ccccc3C2C(Cl)C1S(=O)(=O)c1ccccc1. The molecule has 1 saturated heterocycles. The Morgan fingerprint density at radius 2 is 1.37 bits per heavy atom. The molecule has 6 atom stereocenters. The topological polar surface area (TPSA) is 52.6 Å². The fourth-order valence-corrected chi connectivity index (χ4v) is 7.99. The number of benzene rings is 2. The Morgan fingerprint density at radius 1 is 0.852 bits per heavy atom. The van der Waals surface area contributed by atoms with Crippen molar-refractivity contribution >= 4 is 21.4 Å². The summed E-state index contributed by atoms with van der Waals surface area (Å²) in [6, 6.07) is 16.5. The summed E-state index contributed by atoms with van der Waals surface area (Å²) in [5.41, 5.74) is 2.11. The number of halogens is 1. The lowest BCUT2D eigenvalue weighted by molar-refractivity contribution is -0.147. The number of hydrogen-bond acceptors (Lipinski definition) is 4. The van der Waals surface area contributed by atoms with Gasteiger partial charge in [0.1, 0.15) is 0 Å². The number of fused-ring (bicyclic) bond motifs is 1. The van der Waals surface area contributed by atoms with Crippen LogP contribution in [0, 0.1) is 0 Å². The second-order valence-corrected chi connectivity index (χ2v) is 10.6. The summed E-state index contributed by atoms with van der Waals surface area (Å²) in [5, 5.41) is -1.32. The van der Waals surface area contributed by atoms with Gasteiger partial charge < -0.3 is 9.47 Å². The summed E-state index contributed by atoms with van der Waals surface area (Å²) in [5.74, 6) is -1.33. The first-order valence-corrected chi connectivity index (χ1v) is 11.2. The molecular formula is C21H21ClO4S. The monoisotopic (exact) mass is 404 g/mol. The molecule has 6 rings (SSSR count). The van der Waals surface area contributed by atoms with E-state index in [9.17, 15) is 8.42 Å². The molecule has 4 aliphatic rings. The van der Waals surface area contributed by atoms with Gasteiger partial charge in [0.2, 0.25) is 0 Å². The maximum atomic E-state index is 13.6. The zero-order valence-electron chi connectivity index (χ0n) is 15.1. The average molecular weight is 405 g/mol. The zero-order chi connectivity index (χ0) is 19.0. The smallest absolute Gasteiger partial charge is 0.183 e. The predicted molar refractivity (Wildman–Crippen MR) is 103 cm³/mol. The molecule has 1 heterocycles. The summed E-state index contributed by atoms with van der Waals surface area (Å²) < 4.78 is 39.5. The quantitative estimate of drug-likeness (QED) is 0.713. The molecule has 4 nitrogen and oxygen atoms in total. The molecule has 0 aromatic heterocycles. The highest BCUT2D eigenvalue weighted by Gasteiger charge is 2.65. The Labute approximate surface area is 164 Å². The van der Waals surface area contributed by atoms with Crippen LogP contribution in [-0.4, -0.2) is 37.0 Å². The normalized spacial score (nSPS) is 36.3. The molecule has 0 radical (unpaired) electrons. The lowest BCUT2D eigenvalue weighted by atomic mass is 9.63. The van der Waals surface area contributed by atoms with E-state index in [-0.39, 0.29) is 24.0 Å². The Balaban J connectivity index is 1.70. The number of hydrogen-bond donors (Lipinski definition) is 0. The van der Waals surface area contributed by atoms with Gasteiger partial charge in [0.05, 0.1) is 27.7 Å². The largest absolute Gasteiger partial charge is 0.344 e. The van der Waals surface area contributed by atoms with Crippen molar-refractivity contribution in [2.45, 2.75) is 59.2 Å². The minimum Gasteiger partial charge on any atom is -0.344 e. The number of sulfone groups is 1. The highest BCUT2D eigenvalue weighted by Crippen LogP contribution is 2.59. The average Bonchev–Trinajstić information content (AvgIpc) is 2.97. The van der Waals surface area contributed by atoms with E-state index in [0.29, 0.717) is 4.90 Å². The minimum absolute atomic E-state index is 0.219. The Bertz CT molecular complexity index is 988. The molecule has 1 saturated carbocycles. The van der Waals surface area contributed by atoms with Gasteiger partial charge in [0.25, 0.3) is 0 Å². The first kappa shape index (κ1) is 17.7. The molecule has 2 fully saturated rings. The fourth-order valence-electron chi connectivity index (χ4n) is 5.10. The molecule has 1 aliphatic heterocycles. The van der Waals surface area contributed by atoms with Gasteiger partial charge in [-0.3, -0.25) is 0 Å². The predicted octanol–water partition coefficient (Wildman–Crippen LogP) is 3.85. The molecule has 2 bridgehead atoms. The standard InChI is InChI=1S/C21H21ClO4S/c1-21(2)25-18-15-13-10-6-7-11-14(13)16(19(18)26-21)20(17(15)22)27(23,24)12-8-4-3-5-9-12/h3-11,15-20H,1-2H3. The van der Waals surface area contributed by atoms with Crippen molar-refractivity contribution in [1.29, 1.82) is 0 Å². The second kappa shape index (κ2) is 5.80. The van der Waals surface area contributed by atoms with Gasteiger partial charge in [0, 0.05) is 11.8 Å². The molecule has 6 heteroatoms. The van der Waals surface area contributed by atoms with Crippen molar-refractivity contribution in [3.8, 4) is 0 Å². The molecular weight excluding hydrogens is 384 g/mol. The number of rotatable bonds is 2. The third kappa shape index (κ3) is 2.45. The Hall–Kier alpha value is -1.40. The minimum atomic E-state index is -3.63. The Kier molecular flexibility index (Phi) is 3.80. The number of ether oxygens (including phenoxy) is 2. The molecule has 6 unspecified atom stereocenters. The van der Waals surface area contributed by atoms with Gasteiger partial charge >= 0.3 is 0 Å². The molecule has 27 heavy (non-hydrogen) atoms. The van der Waals surface area contributed by atoms with E-state index >= 15 is 0 Å². The van der Waals surface area contributed by atoms with Gasteiger partial charge in [-0.2, -0.15) is 0 Å². The summed E-state index contributed by atoms with van der Waals surface area (Å²) in [4.78, 5) is 0.306. The van der Waals surface area contributed by atoms with Crippen LogP contribution in [0.5, 0.6) is 0 Å². The summed E-state index contributed by atoms with van der Waals surface area (Å²) in [6.45, 7) is 3.75. The van der Waals surface area contributed by atoms with Crippen LogP contribution in [0.25, 0.3) is 0 Å². The van der Waals surface area contributed by atoms with Gasteiger partial charge in [-0.1, -0.05) is 42.5 Å². The lowest BCUT2D eigenvalue weighted by Crippen LogP contribution is -2.59. The van der Waals surface area contributed by atoms with Crippen LogP contribution < -0.4 is 0 Å². The van der Waals surface area contributed by atoms with E-state index in [2.05, 4.69) is 0 Å². The molecule has 0 spiro atoms. The van der Waals surface area contributed by atoms with Gasteiger partial charge in [0.15, 0.2) is 15.6 Å².